The molecule has 2 atom stereocenters. The summed E-state index contributed by atoms with van der Waals surface area (Å²) in [4.78, 5) is 17.8. The SMILES string of the molecule is O=C(CC12CC3CC(CC(Br)(C3)C1)C2)N1CCCN(Cc2ccc(F)cc2)CC1. The lowest BCUT2D eigenvalue weighted by molar-refractivity contribution is -0.138. The first kappa shape index (κ1) is 20.0. The second-order valence-corrected chi connectivity index (χ2v) is 12.1. The number of amides is 1. The zero-order chi connectivity index (χ0) is 20.1. The van der Waals surface area contributed by atoms with Gasteiger partial charge in [0.25, 0.3) is 0 Å². The van der Waals surface area contributed by atoms with Crippen molar-refractivity contribution in [3.05, 3.63) is 35.6 Å². The summed E-state index contributed by atoms with van der Waals surface area (Å²) in [5.74, 6) is 1.86. The number of rotatable bonds is 4. The third-order valence-electron chi connectivity index (χ3n) is 7.90. The van der Waals surface area contributed by atoms with Crippen LogP contribution in [0.1, 0.15) is 56.9 Å². The highest BCUT2D eigenvalue weighted by Crippen LogP contribution is 2.65. The van der Waals surface area contributed by atoms with Gasteiger partial charge in [0, 0.05) is 43.5 Å². The van der Waals surface area contributed by atoms with Crippen LogP contribution in [0.2, 0.25) is 0 Å². The number of nitrogens with zero attached hydrogens (tertiary/aromatic N) is 2. The minimum Gasteiger partial charge on any atom is -0.341 e. The molecule has 1 saturated heterocycles. The molecule has 0 radical (unpaired) electrons. The maximum absolute atomic E-state index is 13.3. The number of hydrogen-bond acceptors (Lipinski definition) is 2. The standard InChI is InChI=1S/C24H32BrFN2O/c25-24-13-19-10-20(14-24)12-23(11-19,17-24)15-22(29)28-7-1-6-27(8-9-28)16-18-2-4-21(26)5-3-18/h2-5,19-20H,1,6-17H2. The van der Waals surface area contributed by atoms with Gasteiger partial charge in [-0.25, -0.2) is 4.39 Å². The summed E-state index contributed by atoms with van der Waals surface area (Å²) in [7, 11) is 0. The Bertz CT molecular complexity index is 753. The van der Waals surface area contributed by atoms with E-state index >= 15 is 0 Å². The summed E-state index contributed by atoms with van der Waals surface area (Å²) < 4.78 is 13.5. The smallest absolute Gasteiger partial charge is 0.223 e. The normalized spacial score (nSPS) is 37.0. The maximum Gasteiger partial charge on any atom is 0.223 e. The lowest BCUT2D eigenvalue weighted by Crippen LogP contribution is -2.54. The molecular weight excluding hydrogens is 431 g/mol. The Kier molecular flexibility index (Phi) is 5.26. The second kappa shape index (κ2) is 7.64. The van der Waals surface area contributed by atoms with Crippen molar-refractivity contribution in [3.8, 4) is 0 Å². The average Bonchev–Trinajstić information content (AvgIpc) is 2.87. The van der Waals surface area contributed by atoms with Gasteiger partial charge in [-0.05, 0) is 79.9 Å². The van der Waals surface area contributed by atoms with Crippen LogP contribution in [-0.4, -0.2) is 46.2 Å². The topological polar surface area (TPSA) is 23.6 Å². The van der Waals surface area contributed by atoms with Crippen molar-refractivity contribution in [2.24, 2.45) is 17.3 Å². The van der Waals surface area contributed by atoms with Gasteiger partial charge in [-0.1, -0.05) is 28.1 Å². The highest BCUT2D eigenvalue weighted by Gasteiger charge is 2.57. The van der Waals surface area contributed by atoms with Gasteiger partial charge in [0.1, 0.15) is 5.82 Å². The van der Waals surface area contributed by atoms with Crippen LogP contribution < -0.4 is 0 Å². The third-order valence-corrected chi connectivity index (χ3v) is 8.83. The van der Waals surface area contributed by atoms with Crippen molar-refractivity contribution in [1.29, 1.82) is 0 Å². The van der Waals surface area contributed by atoms with Crippen molar-refractivity contribution in [2.45, 2.75) is 62.2 Å². The summed E-state index contributed by atoms with van der Waals surface area (Å²) >= 11 is 4.08. The van der Waals surface area contributed by atoms with Crippen molar-refractivity contribution in [1.82, 2.24) is 9.80 Å². The van der Waals surface area contributed by atoms with Crippen LogP contribution >= 0.6 is 15.9 Å². The Hall–Kier alpha value is -0.940. The molecule has 0 aromatic heterocycles. The van der Waals surface area contributed by atoms with E-state index in [1.807, 2.05) is 12.1 Å². The molecule has 2 unspecified atom stereocenters. The fourth-order valence-electron chi connectivity index (χ4n) is 7.20. The molecule has 5 aliphatic rings. The van der Waals surface area contributed by atoms with E-state index in [4.69, 9.17) is 0 Å². The number of carbonyl (C=O) groups excluding carboxylic acids is 1. The van der Waals surface area contributed by atoms with Gasteiger partial charge in [0.2, 0.25) is 5.91 Å². The van der Waals surface area contributed by atoms with E-state index in [1.165, 1.54) is 50.7 Å². The van der Waals surface area contributed by atoms with Crippen molar-refractivity contribution >= 4 is 21.8 Å². The highest BCUT2D eigenvalue weighted by atomic mass is 79.9. The lowest BCUT2D eigenvalue weighted by atomic mass is 9.48. The number of hydrogen-bond donors (Lipinski definition) is 0. The van der Waals surface area contributed by atoms with Crippen molar-refractivity contribution in [2.75, 3.05) is 26.2 Å². The predicted octanol–water partition coefficient (Wildman–Crippen LogP) is 4.98. The Morgan fingerprint density at radius 1 is 1.03 bits per heavy atom. The van der Waals surface area contributed by atoms with E-state index in [2.05, 4.69) is 25.7 Å². The molecule has 29 heavy (non-hydrogen) atoms. The molecule has 6 rings (SSSR count). The van der Waals surface area contributed by atoms with Crippen LogP contribution in [0.5, 0.6) is 0 Å². The molecule has 3 nitrogen and oxygen atoms in total. The van der Waals surface area contributed by atoms with Gasteiger partial charge in [0.15, 0.2) is 0 Å². The van der Waals surface area contributed by atoms with Gasteiger partial charge < -0.3 is 4.90 Å². The summed E-state index contributed by atoms with van der Waals surface area (Å²) in [5.41, 5.74) is 1.40. The first-order chi connectivity index (χ1) is 13.9. The van der Waals surface area contributed by atoms with Gasteiger partial charge >= 0.3 is 0 Å². The molecule has 0 N–H and O–H groups in total. The lowest BCUT2D eigenvalue weighted by Gasteiger charge is -2.60. The van der Waals surface area contributed by atoms with Gasteiger partial charge in [-0.15, -0.1) is 0 Å². The van der Waals surface area contributed by atoms with Crippen LogP contribution in [-0.2, 0) is 11.3 Å². The Morgan fingerprint density at radius 2 is 1.76 bits per heavy atom. The number of benzene rings is 1. The fraction of sp³-hybridized carbons (Fsp3) is 0.708. The van der Waals surface area contributed by atoms with Crippen molar-refractivity contribution < 1.29 is 9.18 Å². The van der Waals surface area contributed by atoms with E-state index in [0.717, 1.165) is 63.0 Å². The molecule has 0 spiro atoms. The maximum atomic E-state index is 13.3. The molecule has 1 heterocycles. The van der Waals surface area contributed by atoms with E-state index in [9.17, 15) is 9.18 Å². The van der Waals surface area contributed by atoms with Gasteiger partial charge in [-0.3, -0.25) is 9.69 Å². The summed E-state index contributed by atoms with van der Waals surface area (Å²) in [5, 5.41) is 0. The van der Waals surface area contributed by atoms with E-state index in [-0.39, 0.29) is 11.2 Å². The number of carbonyl (C=O) groups is 1. The molecule has 5 fully saturated rings. The molecule has 5 heteroatoms. The van der Waals surface area contributed by atoms with Gasteiger partial charge in [0.05, 0.1) is 0 Å². The molecule has 4 aliphatic carbocycles. The molecular formula is C24H32BrFN2O. The third kappa shape index (κ3) is 4.27. The number of halogens is 2. The van der Waals surface area contributed by atoms with Crippen LogP contribution in [0.25, 0.3) is 0 Å². The van der Waals surface area contributed by atoms with Gasteiger partial charge in [-0.2, -0.15) is 0 Å². The average molecular weight is 463 g/mol. The molecule has 1 amide bonds. The summed E-state index contributed by atoms with van der Waals surface area (Å²) in [6, 6.07) is 6.80. The monoisotopic (exact) mass is 462 g/mol. The van der Waals surface area contributed by atoms with Crippen LogP contribution in [0.15, 0.2) is 24.3 Å². The molecule has 1 aromatic carbocycles. The number of alkyl halides is 1. The second-order valence-electron chi connectivity index (χ2n) is 10.4. The summed E-state index contributed by atoms with van der Waals surface area (Å²) in [6.45, 7) is 4.44. The first-order valence-electron chi connectivity index (χ1n) is 11.3. The quantitative estimate of drug-likeness (QED) is 0.588. The molecule has 4 bridgehead atoms. The molecule has 4 saturated carbocycles. The molecule has 1 aromatic rings. The molecule has 1 aliphatic heterocycles. The Balaban J connectivity index is 1.19. The minimum atomic E-state index is -0.184. The Labute approximate surface area is 182 Å². The van der Waals surface area contributed by atoms with Crippen LogP contribution in [0, 0.1) is 23.1 Å². The summed E-state index contributed by atoms with van der Waals surface area (Å²) in [6.07, 6.45) is 9.55. The van der Waals surface area contributed by atoms with Crippen molar-refractivity contribution in [3.63, 3.8) is 0 Å². The molecule has 158 valence electrons. The van der Waals surface area contributed by atoms with Crippen LogP contribution in [0.3, 0.4) is 0 Å². The Morgan fingerprint density at radius 3 is 2.45 bits per heavy atom. The van der Waals surface area contributed by atoms with E-state index in [0.29, 0.717) is 10.2 Å². The zero-order valence-electron chi connectivity index (χ0n) is 17.2. The van der Waals surface area contributed by atoms with E-state index < -0.39 is 0 Å². The predicted molar refractivity (Wildman–Crippen MR) is 116 cm³/mol. The van der Waals surface area contributed by atoms with Crippen LogP contribution in [0.4, 0.5) is 4.39 Å². The zero-order valence-corrected chi connectivity index (χ0v) is 18.8. The largest absolute Gasteiger partial charge is 0.341 e. The first-order valence-corrected chi connectivity index (χ1v) is 12.1. The van der Waals surface area contributed by atoms with E-state index in [1.54, 1.807) is 0 Å². The fourth-order valence-corrected chi connectivity index (χ4v) is 8.71. The highest BCUT2D eigenvalue weighted by molar-refractivity contribution is 9.10. The minimum absolute atomic E-state index is 0.184.